The van der Waals surface area contributed by atoms with Crippen LogP contribution in [0.25, 0.3) is 5.57 Å². The number of hydrogen-bond acceptors (Lipinski definition) is 4. The minimum atomic E-state index is -0.0981. The highest BCUT2D eigenvalue weighted by Crippen LogP contribution is 2.45. The first kappa shape index (κ1) is 25.1. The molecule has 0 saturated carbocycles. The van der Waals surface area contributed by atoms with Crippen molar-refractivity contribution in [2.24, 2.45) is 0 Å². The van der Waals surface area contributed by atoms with Gasteiger partial charge in [-0.2, -0.15) is 0 Å². The van der Waals surface area contributed by atoms with Crippen molar-refractivity contribution in [1.82, 2.24) is 10.3 Å². The standard InChI is InChI=1S/C33H32N4OS/c1-22-21-33(2,3)36(4)29-18-13-23(20-27(22)29)31-30(28-12-8-9-19-34-28)35-32(39)37(31)24-14-16-26(17-15-24)38-25-10-6-5-7-11-25/h5-21,30-31H,1-4H3,(H,35,39)/t30-,31+/m0/s1. The third-order valence-corrected chi connectivity index (χ3v) is 8.09. The van der Waals surface area contributed by atoms with E-state index in [4.69, 9.17) is 21.9 Å². The maximum absolute atomic E-state index is 6.04. The lowest BCUT2D eigenvalue weighted by molar-refractivity contribution is 0.482. The Morgan fingerprint density at radius 1 is 0.897 bits per heavy atom. The summed E-state index contributed by atoms with van der Waals surface area (Å²) >= 11 is 5.94. The summed E-state index contributed by atoms with van der Waals surface area (Å²) in [5.41, 5.74) is 6.87. The summed E-state index contributed by atoms with van der Waals surface area (Å²) in [4.78, 5) is 9.26. The van der Waals surface area contributed by atoms with Crippen LogP contribution < -0.4 is 19.9 Å². The Morgan fingerprint density at radius 3 is 2.33 bits per heavy atom. The molecular formula is C33H32N4OS. The van der Waals surface area contributed by atoms with Crippen molar-refractivity contribution >= 4 is 34.3 Å². The summed E-state index contributed by atoms with van der Waals surface area (Å²) < 4.78 is 6.04. The Morgan fingerprint density at radius 2 is 1.62 bits per heavy atom. The maximum atomic E-state index is 6.04. The predicted molar refractivity (Wildman–Crippen MR) is 163 cm³/mol. The van der Waals surface area contributed by atoms with Gasteiger partial charge in [0, 0.05) is 30.2 Å². The molecule has 1 fully saturated rings. The second-order valence-electron chi connectivity index (χ2n) is 10.7. The van der Waals surface area contributed by atoms with Gasteiger partial charge in [-0.05, 0) is 105 Å². The smallest absolute Gasteiger partial charge is 0.174 e. The molecule has 196 valence electrons. The molecule has 6 rings (SSSR count). The van der Waals surface area contributed by atoms with E-state index in [0.717, 1.165) is 22.9 Å². The molecule has 2 atom stereocenters. The molecule has 0 radical (unpaired) electrons. The van der Waals surface area contributed by atoms with Crippen molar-refractivity contribution < 1.29 is 4.74 Å². The van der Waals surface area contributed by atoms with Crippen LogP contribution in [0, 0.1) is 0 Å². The number of allylic oxidation sites excluding steroid dienone is 1. The lowest BCUT2D eigenvalue weighted by atomic mass is 9.86. The third kappa shape index (κ3) is 4.66. The van der Waals surface area contributed by atoms with Crippen molar-refractivity contribution in [1.29, 1.82) is 0 Å². The largest absolute Gasteiger partial charge is 0.457 e. The topological polar surface area (TPSA) is 40.6 Å². The first-order chi connectivity index (χ1) is 18.8. The highest BCUT2D eigenvalue weighted by Gasteiger charge is 2.41. The fraction of sp³-hybridized carbons (Fsp3) is 0.212. The van der Waals surface area contributed by atoms with Crippen LogP contribution in [0.2, 0.25) is 0 Å². The quantitative estimate of drug-likeness (QED) is 0.266. The van der Waals surface area contributed by atoms with Gasteiger partial charge >= 0.3 is 0 Å². The maximum Gasteiger partial charge on any atom is 0.174 e. The average molecular weight is 533 g/mol. The van der Waals surface area contributed by atoms with Crippen LogP contribution in [0.4, 0.5) is 11.4 Å². The molecule has 0 aliphatic carbocycles. The van der Waals surface area contributed by atoms with E-state index in [-0.39, 0.29) is 17.6 Å². The average Bonchev–Trinajstić information content (AvgIpc) is 3.30. The van der Waals surface area contributed by atoms with Crippen molar-refractivity contribution in [2.75, 3.05) is 16.8 Å². The monoisotopic (exact) mass is 532 g/mol. The van der Waals surface area contributed by atoms with E-state index >= 15 is 0 Å². The Bertz CT molecular complexity index is 1530. The van der Waals surface area contributed by atoms with Gasteiger partial charge in [0.15, 0.2) is 5.11 Å². The summed E-state index contributed by atoms with van der Waals surface area (Å²) in [7, 11) is 2.16. The van der Waals surface area contributed by atoms with E-state index < -0.39 is 0 Å². The predicted octanol–water partition coefficient (Wildman–Crippen LogP) is 7.68. The summed E-state index contributed by atoms with van der Waals surface area (Å²) in [5.74, 6) is 1.59. The number of rotatable bonds is 5. The van der Waals surface area contributed by atoms with Gasteiger partial charge < -0.3 is 19.9 Å². The highest BCUT2D eigenvalue weighted by molar-refractivity contribution is 7.80. The molecule has 0 bridgehead atoms. The molecule has 1 saturated heterocycles. The first-order valence-corrected chi connectivity index (χ1v) is 13.6. The normalized spacial score (nSPS) is 19.8. The number of nitrogens with zero attached hydrogens (tertiary/aromatic N) is 3. The Balaban J connectivity index is 1.40. The van der Waals surface area contributed by atoms with E-state index in [1.165, 1.54) is 22.4 Å². The van der Waals surface area contributed by atoms with Crippen LogP contribution in [0.3, 0.4) is 0 Å². The lowest BCUT2D eigenvalue weighted by Gasteiger charge is -2.41. The third-order valence-electron chi connectivity index (χ3n) is 7.77. The number of ether oxygens (including phenoxy) is 1. The first-order valence-electron chi connectivity index (χ1n) is 13.2. The fourth-order valence-corrected chi connectivity index (χ4v) is 5.98. The van der Waals surface area contributed by atoms with Crippen LogP contribution in [0.1, 0.15) is 49.7 Å². The van der Waals surface area contributed by atoms with Gasteiger partial charge in [-0.1, -0.05) is 36.4 Å². The molecule has 0 unspecified atom stereocenters. The van der Waals surface area contributed by atoms with Crippen LogP contribution >= 0.6 is 12.2 Å². The molecule has 0 amide bonds. The SMILES string of the molecule is CC1=CC(C)(C)N(C)c2ccc([C@@H]3[C@H](c4ccccn4)NC(=S)N3c3ccc(Oc4ccccc4)cc3)cc21. The van der Waals surface area contributed by atoms with E-state index in [0.29, 0.717) is 5.11 Å². The zero-order chi connectivity index (χ0) is 27.1. The van der Waals surface area contributed by atoms with E-state index in [1.807, 2.05) is 60.8 Å². The molecule has 3 aromatic carbocycles. The van der Waals surface area contributed by atoms with E-state index in [9.17, 15) is 0 Å². The molecule has 4 aromatic rings. The van der Waals surface area contributed by atoms with Gasteiger partial charge in [0.25, 0.3) is 0 Å². The number of nitrogens with one attached hydrogen (secondary N) is 1. The molecule has 6 heteroatoms. The Hall–Kier alpha value is -4.16. The number of fused-ring (bicyclic) bond motifs is 1. The van der Waals surface area contributed by atoms with Crippen LogP contribution in [0.5, 0.6) is 11.5 Å². The fourth-order valence-electron chi connectivity index (χ4n) is 5.63. The van der Waals surface area contributed by atoms with Gasteiger partial charge in [0.2, 0.25) is 0 Å². The molecule has 3 heterocycles. The van der Waals surface area contributed by atoms with Crippen LogP contribution in [0.15, 0.2) is 103 Å². The summed E-state index contributed by atoms with van der Waals surface area (Å²) in [6.45, 7) is 6.70. The second-order valence-corrected chi connectivity index (χ2v) is 11.1. The van der Waals surface area contributed by atoms with E-state index in [2.05, 4.69) is 85.4 Å². The van der Waals surface area contributed by atoms with Crippen molar-refractivity contribution in [3.63, 3.8) is 0 Å². The zero-order valence-electron chi connectivity index (χ0n) is 22.6. The number of para-hydroxylation sites is 1. The second kappa shape index (κ2) is 9.86. The minimum absolute atomic E-state index is 0.0405. The number of benzene rings is 3. The molecule has 39 heavy (non-hydrogen) atoms. The van der Waals surface area contributed by atoms with Gasteiger partial charge in [0.05, 0.1) is 23.3 Å². The minimum Gasteiger partial charge on any atom is -0.457 e. The van der Waals surface area contributed by atoms with Gasteiger partial charge in [-0.25, -0.2) is 0 Å². The molecular weight excluding hydrogens is 500 g/mol. The molecule has 2 aliphatic heterocycles. The number of likely N-dealkylation sites (N-methyl/N-ethyl adjacent to an activating group) is 1. The lowest BCUT2D eigenvalue weighted by Crippen LogP contribution is -2.42. The number of hydrogen-bond donors (Lipinski definition) is 1. The number of aromatic nitrogens is 1. The van der Waals surface area contributed by atoms with E-state index in [1.54, 1.807) is 0 Å². The summed E-state index contributed by atoms with van der Waals surface area (Å²) in [6, 6.07) is 30.6. The molecule has 5 nitrogen and oxygen atoms in total. The van der Waals surface area contributed by atoms with Gasteiger partial charge in [-0.15, -0.1) is 0 Å². The van der Waals surface area contributed by atoms with Crippen molar-refractivity contribution in [3.05, 3.63) is 120 Å². The Kier molecular flexibility index (Phi) is 6.35. The molecule has 2 aliphatic rings. The number of pyridine rings is 1. The molecule has 1 N–H and O–H groups in total. The van der Waals surface area contributed by atoms with Gasteiger partial charge in [0.1, 0.15) is 11.5 Å². The van der Waals surface area contributed by atoms with Crippen molar-refractivity contribution in [3.8, 4) is 11.5 Å². The Labute approximate surface area is 235 Å². The summed E-state index contributed by atoms with van der Waals surface area (Å²) in [5, 5.41) is 4.25. The number of thiocarbonyl (C=S) groups is 1. The molecule has 1 aromatic heterocycles. The van der Waals surface area contributed by atoms with Crippen LogP contribution in [-0.4, -0.2) is 22.7 Å². The zero-order valence-corrected chi connectivity index (χ0v) is 23.4. The molecule has 0 spiro atoms. The van der Waals surface area contributed by atoms with Crippen molar-refractivity contribution in [2.45, 2.75) is 38.4 Å². The number of anilines is 2. The van der Waals surface area contributed by atoms with Crippen LogP contribution in [-0.2, 0) is 0 Å². The highest BCUT2D eigenvalue weighted by atomic mass is 32.1. The summed E-state index contributed by atoms with van der Waals surface area (Å²) in [6.07, 6.45) is 4.18. The van der Waals surface area contributed by atoms with Gasteiger partial charge in [-0.3, -0.25) is 4.98 Å².